The number of likely N-dealkylation sites (N-methyl/N-ethyl adjacent to an activating group) is 1. The average molecular weight is 188 g/mol. The van der Waals surface area contributed by atoms with E-state index in [1.165, 1.54) is 7.11 Å². The van der Waals surface area contributed by atoms with E-state index in [-0.39, 0.29) is 12.0 Å². The first-order valence-corrected chi connectivity index (χ1v) is 4.66. The molecule has 13 heavy (non-hydrogen) atoms. The molecular weight excluding hydrogens is 168 g/mol. The van der Waals surface area contributed by atoms with Crippen LogP contribution in [0.25, 0.3) is 0 Å². The molecule has 0 saturated heterocycles. The highest BCUT2D eigenvalue weighted by molar-refractivity contribution is 5.75. The molecule has 0 spiro atoms. The number of methoxy groups -OCH3 is 1. The van der Waals surface area contributed by atoms with Crippen LogP contribution in [0.2, 0.25) is 0 Å². The summed E-state index contributed by atoms with van der Waals surface area (Å²) in [5, 5.41) is 6.00. The molecule has 78 valence electrons. The van der Waals surface area contributed by atoms with Crippen LogP contribution >= 0.6 is 0 Å². The van der Waals surface area contributed by atoms with E-state index in [1.807, 2.05) is 7.05 Å². The molecule has 4 nitrogen and oxygen atoms in total. The summed E-state index contributed by atoms with van der Waals surface area (Å²) in [4.78, 5) is 11.1. The standard InChI is InChI=1S/C9H20N2O2/c1-10-7-5-4-6-8(11-2)9(12)13-3/h8,10-11H,4-7H2,1-3H3/t8-/m1/s1. The zero-order valence-corrected chi connectivity index (χ0v) is 8.72. The summed E-state index contributed by atoms with van der Waals surface area (Å²) < 4.78 is 4.64. The molecule has 0 fully saturated rings. The van der Waals surface area contributed by atoms with Crippen LogP contribution in [0.1, 0.15) is 19.3 Å². The molecule has 0 aromatic heterocycles. The maximum absolute atomic E-state index is 11.1. The number of unbranched alkanes of at least 4 members (excludes halogenated alkanes) is 1. The third-order valence-electron chi connectivity index (χ3n) is 2.00. The Morgan fingerprint density at radius 2 is 2.08 bits per heavy atom. The first-order chi connectivity index (χ1) is 6.26. The predicted octanol–water partition coefficient (Wildman–Crippen LogP) is 0.137. The molecule has 0 heterocycles. The lowest BCUT2D eigenvalue weighted by atomic mass is 10.1. The van der Waals surface area contributed by atoms with Crippen molar-refractivity contribution in [2.45, 2.75) is 25.3 Å². The van der Waals surface area contributed by atoms with Crippen LogP contribution in [0.5, 0.6) is 0 Å². The van der Waals surface area contributed by atoms with E-state index in [0.29, 0.717) is 0 Å². The quantitative estimate of drug-likeness (QED) is 0.441. The lowest BCUT2D eigenvalue weighted by molar-refractivity contribution is -0.143. The van der Waals surface area contributed by atoms with Crippen LogP contribution in [0.3, 0.4) is 0 Å². The smallest absolute Gasteiger partial charge is 0.322 e. The van der Waals surface area contributed by atoms with Crippen molar-refractivity contribution in [1.29, 1.82) is 0 Å². The van der Waals surface area contributed by atoms with Gasteiger partial charge in [0.15, 0.2) is 0 Å². The van der Waals surface area contributed by atoms with Gasteiger partial charge in [-0.05, 0) is 33.5 Å². The average Bonchev–Trinajstić information content (AvgIpc) is 2.17. The van der Waals surface area contributed by atoms with Crippen LogP contribution in [-0.4, -0.2) is 39.8 Å². The van der Waals surface area contributed by atoms with Gasteiger partial charge in [-0.2, -0.15) is 0 Å². The van der Waals surface area contributed by atoms with E-state index in [2.05, 4.69) is 15.4 Å². The van der Waals surface area contributed by atoms with E-state index in [9.17, 15) is 4.79 Å². The van der Waals surface area contributed by atoms with Gasteiger partial charge in [0.05, 0.1) is 7.11 Å². The summed E-state index contributed by atoms with van der Waals surface area (Å²) in [6, 6.07) is -0.151. The lowest BCUT2D eigenvalue weighted by Crippen LogP contribution is -2.34. The van der Waals surface area contributed by atoms with Gasteiger partial charge >= 0.3 is 5.97 Å². The molecule has 0 radical (unpaired) electrons. The van der Waals surface area contributed by atoms with Gasteiger partial charge in [-0.3, -0.25) is 4.79 Å². The molecular formula is C9H20N2O2. The first-order valence-electron chi connectivity index (χ1n) is 4.66. The normalized spacial score (nSPS) is 12.5. The summed E-state index contributed by atoms with van der Waals surface area (Å²) in [6.07, 6.45) is 2.96. The summed E-state index contributed by atoms with van der Waals surface area (Å²) in [7, 11) is 5.12. The van der Waals surface area contributed by atoms with Gasteiger partial charge in [-0.15, -0.1) is 0 Å². The zero-order chi connectivity index (χ0) is 10.1. The fourth-order valence-electron chi connectivity index (χ4n) is 1.17. The third-order valence-corrected chi connectivity index (χ3v) is 2.00. The number of ether oxygens (including phenoxy) is 1. The predicted molar refractivity (Wildman–Crippen MR) is 52.6 cm³/mol. The minimum Gasteiger partial charge on any atom is -0.468 e. The number of rotatable bonds is 7. The van der Waals surface area contributed by atoms with Gasteiger partial charge in [-0.1, -0.05) is 6.42 Å². The van der Waals surface area contributed by atoms with Crippen molar-refractivity contribution in [3.8, 4) is 0 Å². The molecule has 0 amide bonds. The summed E-state index contributed by atoms with van der Waals surface area (Å²) in [5.74, 6) is -0.174. The second-order valence-electron chi connectivity index (χ2n) is 2.96. The fraction of sp³-hybridized carbons (Fsp3) is 0.889. The maximum atomic E-state index is 11.1. The molecule has 2 N–H and O–H groups in total. The highest BCUT2D eigenvalue weighted by Crippen LogP contribution is 2.01. The number of carbonyl (C=O) groups excluding carboxylic acids is 1. The van der Waals surface area contributed by atoms with E-state index in [0.717, 1.165) is 25.8 Å². The van der Waals surface area contributed by atoms with E-state index in [4.69, 9.17) is 0 Å². The highest BCUT2D eigenvalue weighted by atomic mass is 16.5. The van der Waals surface area contributed by atoms with Gasteiger partial charge in [0.25, 0.3) is 0 Å². The van der Waals surface area contributed by atoms with Crippen molar-refractivity contribution < 1.29 is 9.53 Å². The van der Waals surface area contributed by atoms with Crippen molar-refractivity contribution in [2.24, 2.45) is 0 Å². The van der Waals surface area contributed by atoms with E-state index < -0.39 is 0 Å². The molecule has 0 aliphatic rings. The fourth-order valence-corrected chi connectivity index (χ4v) is 1.17. The Bertz CT molecular complexity index is 140. The maximum Gasteiger partial charge on any atom is 0.322 e. The molecule has 0 aliphatic heterocycles. The molecule has 0 aromatic rings. The number of hydrogen-bond donors (Lipinski definition) is 2. The topological polar surface area (TPSA) is 50.4 Å². The van der Waals surface area contributed by atoms with Crippen LogP contribution < -0.4 is 10.6 Å². The van der Waals surface area contributed by atoms with Crippen molar-refractivity contribution in [2.75, 3.05) is 27.7 Å². The largest absolute Gasteiger partial charge is 0.468 e. The molecule has 1 atom stereocenters. The molecule has 0 saturated carbocycles. The summed E-state index contributed by atoms with van der Waals surface area (Å²) in [5.41, 5.74) is 0. The molecule has 4 heteroatoms. The summed E-state index contributed by atoms with van der Waals surface area (Å²) >= 11 is 0. The third kappa shape index (κ3) is 5.60. The van der Waals surface area contributed by atoms with Gasteiger partial charge < -0.3 is 15.4 Å². The number of esters is 1. The Morgan fingerprint density at radius 3 is 2.54 bits per heavy atom. The van der Waals surface area contributed by atoms with Crippen molar-refractivity contribution >= 4 is 5.97 Å². The van der Waals surface area contributed by atoms with Gasteiger partial charge in [0.2, 0.25) is 0 Å². The van der Waals surface area contributed by atoms with Crippen molar-refractivity contribution in [1.82, 2.24) is 10.6 Å². The molecule has 0 aromatic carbocycles. The first kappa shape index (κ1) is 12.4. The van der Waals surface area contributed by atoms with Gasteiger partial charge in [0.1, 0.15) is 6.04 Å². The van der Waals surface area contributed by atoms with E-state index in [1.54, 1.807) is 7.05 Å². The number of carbonyl (C=O) groups is 1. The highest BCUT2D eigenvalue weighted by Gasteiger charge is 2.15. The SMILES string of the molecule is CNCCCC[C@@H](NC)C(=O)OC. The minimum atomic E-state index is -0.174. The Labute approximate surface area is 80.0 Å². The van der Waals surface area contributed by atoms with Crippen LogP contribution in [0.15, 0.2) is 0 Å². The van der Waals surface area contributed by atoms with Gasteiger partial charge in [-0.25, -0.2) is 0 Å². The molecule has 0 unspecified atom stereocenters. The molecule has 0 rings (SSSR count). The van der Waals surface area contributed by atoms with Crippen molar-refractivity contribution in [3.05, 3.63) is 0 Å². The summed E-state index contributed by atoms with van der Waals surface area (Å²) in [6.45, 7) is 0.998. The van der Waals surface area contributed by atoms with Crippen LogP contribution in [0.4, 0.5) is 0 Å². The minimum absolute atomic E-state index is 0.151. The van der Waals surface area contributed by atoms with Gasteiger partial charge in [0, 0.05) is 0 Å². The molecule has 0 bridgehead atoms. The van der Waals surface area contributed by atoms with E-state index >= 15 is 0 Å². The second kappa shape index (κ2) is 8.01. The molecule has 0 aliphatic carbocycles. The zero-order valence-electron chi connectivity index (χ0n) is 8.72. The lowest BCUT2D eigenvalue weighted by Gasteiger charge is -2.12. The monoisotopic (exact) mass is 188 g/mol. The van der Waals surface area contributed by atoms with Crippen molar-refractivity contribution in [3.63, 3.8) is 0 Å². The van der Waals surface area contributed by atoms with Crippen LogP contribution in [-0.2, 0) is 9.53 Å². The Hall–Kier alpha value is -0.610. The number of nitrogens with one attached hydrogen (secondary N) is 2. The Balaban J connectivity index is 3.53. The Kier molecular flexibility index (Phi) is 7.63. The van der Waals surface area contributed by atoms with Crippen LogP contribution in [0, 0.1) is 0 Å². The Morgan fingerprint density at radius 1 is 1.38 bits per heavy atom. The second-order valence-corrected chi connectivity index (χ2v) is 2.96. The number of hydrogen-bond acceptors (Lipinski definition) is 4.